The Morgan fingerprint density at radius 1 is 1.00 bits per heavy atom. The van der Waals surface area contributed by atoms with Gasteiger partial charge in [-0.3, -0.25) is 14.9 Å². The molecule has 2 aromatic rings. The van der Waals surface area contributed by atoms with Gasteiger partial charge in [-0.05, 0) is 46.1 Å². The van der Waals surface area contributed by atoms with Gasteiger partial charge in [0.25, 0.3) is 0 Å². The van der Waals surface area contributed by atoms with Gasteiger partial charge in [0.15, 0.2) is 0 Å². The van der Waals surface area contributed by atoms with Gasteiger partial charge < -0.3 is 16.4 Å². The molecule has 0 aromatic heterocycles. The summed E-state index contributed by atoms with van der Waals surface area (Å²) in [5, 5.41) is 9.06. The van der Waals surface area contributed by atoms with Crippen LogP contribution in [0.2, 0.25) is 0 Å². The zero-order chi connectivity index (χ0) is 27.0. The molecule has 1 unspecified atom stereocenters. The highest BCUT2D eigenvalue weighted by molar-refractivity contribution is 8.02. The van der Waals surface area contributed by atoms with Crippen molar-refractivity contribution in [1.82, 2.24) is 10.6 Å². The Hall–Kier alpha value is -4.07. The Labute approximate surface area is 223 Å². The van der Waals surface area contributed by atoms with Gasteiger partial charge in [-0.25, -0.2) is 0 Å². The summed E-state index contributed by atoms with van der Waals surface area (Å²) in [6.45, 7) is 12.1. The molecule has 7 heteroatoms. The van der Waals surface area contributed by atoms with E-state index in [1.54, 1.807) is 66.4 Å². The zero-order valence-electron chi connectivity index (χ0n) is 21.1. The van der Waals surface area contributed by atoms with Crippen LogP contribution in [-0.4, -0.2) is 31.2 Å². The molecule has 2 aromatic carbocycles. The molecule has 0 bridgehead atoms. The van der Waals surface area contributed by atoms with Crippen molar-refractivity contribution < 1.29 is 9.59 Å². The van der Waals surface area contributed by atoms with Crippen LogP contribution in [0.15, 0.2) is 115 Å². The highest BCUT2D eigenvalue weighted by Gasteiger charge is 2.20. The van der Waals surface area contributed by atoms with Gasteiger partial charge >= 0.3 is 0 Å². The number of nitrogens with one attached hydrogen (secondary N) is 3. The van der Waals surface area contributed by atoms with Crippen LogP contribution in [0.5, 0.6) is 0 Å². The number of anilines is 2. The molecular weight excluding hydrogens is 480 g/mol. The predicted molar refractivity (Wildman–Crippen MR) is 159 cm³/mol. The van der Waals surface area contributed by atoms with Crippen LogP contribution in [0.1, 0.15) is 17.2 Å². The van der Waals surface area contributed by atoms with Crippen LogP contribution in [0, 0.1) is 0 Å². The number of carbonyl (C=O) groups is 2. The summed E-state index contributed by atoms with van der Waals surface area (Å²) in [5.74, 6) is -0.455. The number of para-hydroxylation sites is 2. The van der Waals surface area contributed by atoms with Crippen molar-refractivity contribution in [1.29, 1.82) is 0 Å². The van der Waals surface area contributed by atoms with Gasteiger partial charge in [-0.15, -0.1) is 11.8 Å². The third-order valence-corrected chi connectivity index (χ3v) is 6.09. The summed E-state index contributed by atoms with van der Waals surface area (Å²) in [6.07, 6.45) is 13.9. The maximum Gasteiger partial charge on any atom is 0.248 e. The first-order valence-electron chi connectivity index (χ1n) is 11.7. The third kappa shape index (κ3) is 9.83. The minimum atomic E-state index is -0.586. The molecule has 1 atom stereocenters. The molecule has 0 heterocycles. The van der Waals surface area contributed by atoms with Crippen molar-refractivity contribution in [2.45, 2.75) is 6.04 Å². The first-order valence-corrected chi connectivity index (χ1v) is 12.9. The number of rotatable bonds is 14. The first-order chi connectivity index (χ1) is 17.9. The lowest BCUT2D eigenvalue weighted by Crippen LogP contribution is -2.39. The summed E-state index contributed by atoms with van der Waals surface area (Å²) in [7, 11) is 0. The first kappa shape index (κ1) is 29.2. The molecule has 0 aliphatic heterocycles. The van der Waals surface area contributed by atoms with E-state index in [-0.39, 0.29) is 11.8 Å². The lowest BCUT2D eigenvalue weighted by molar-refractivity contribution is -0.123. The smallest absolute Gasteiger partial charge is 0.248 e. The van der Waals surface area contributed by atoms with Gasteiger partial charge in [-0.1, -0.05) is 86.5 Å². The second-order valence-electron chi connectivity index (χ2n) is 7.86. The largest absolute Gasteiger partial charge is 0.397 e. The molecule has 37 heavy (non-hydrogen) atoms. The fourth-order valence-electron chi connectivity index (χ4n) is 3.29. The number of amides is 2. The van der Waals surface area contributed by atoms with Gasteiger partial charge in [0.1, 0.15) is 6.04 Å². The van der Waals surface area contributed by atoms with Crippen LogP contribution in [-0.2, 0) is 9.59 Å². The molecule has 6 nitrogen and oxygen atoms in total. The van der Waals surface area contributed by atoms with E-state index < -0.39 is 6.04 Å². The van der Waals surface area contributed by atoms with E-state index in [9.17, 15) is 9.59 Å². The predicted octanol–water partition coefficient (Wildman–Crippen LogP) is 5.40. The Morgan fingerprint density at radius 3 is 2.32 bits per heavy atom. The zero-order valence-corrected chi connectivity index (χ0v) is 21.9. The second-order valence-corrected chi connectivity index (χ2v) is 8.80. The van der Waals surface area contributed by atoms with Crippen LogP contribution >= 0.6 is 11.8 Å². The topological polar surface area (TPSA) is 96.2 Å². The SMILES string of the molecule is C=C/C=C(/CNC(C(=O)NC/C(C=C)=C/C=C)c1ccc(/C=C/C(=O)Nc2ccccc2N)cc1)SC. The normalized spacial score (nSPS) is 12.6. The Bertz CT molecular complexity index is 1200. The van der Waals surface area contributed by atoms with Crippen molar-refractivity contribution in [2.75, 3.05) is 30.4 Å². The maximum atomic E-state index is 13.1. The number of hydrogen-bond donors (Lipinski definition) is 4. The van der Waals surface area contributed by atoms with Gasteiger partial charge in [0.2, 0.25) is 11.8 Å². The highest BCUT2D eigenvalue weighted by Crippen LogP contribution is 2.19. The lowest BCUT2D eigenvalue weighted by atomic mass is 10.0. The Kier molecular flexibility index (Phi) is 12.5. The molecule has 0 spiro atoms. The van der Waals surface area contributed by atoms with E-state index in [1.807, 2.05) is 36.6 Å². The molecule has 0 radical (unpaired) electrons. The van der Waals surface area contributed by atoms with Gasteiger partial charge in [-0.2, -0.15) is 0 Å². The molecule has 192 valence electrons. The standard InChI is InChI=1S/C30H34N4O2S/c1-5-10-22(7-3)20-33-30(36)29(32-21-25(37-4)11-6-2)24-17-14-23(15-18-24)16-19-28(35)34-27-13-9-8-12-26(27)31/h5-19,29,32H,1-3,20-21,31H2,4H3,(H,33,36)(H,34,35)/b19-16+,22-10+,25-11-. The number of benzene rings is 2. The highest BCUT2D eigenvalue weighted by atomic mass is 32.2. The number of nitrogen functional groups attached to an aromatic ring is 1. The number of hydrogen-bond acceptors (Lipinski definition) is 5. The molecule has 0 fully saturated rings. The number of allylic oxidation sites excluding steroid dienone is 4. The summed E-state index contributed by atoms with van der Waals surface area (Å²) < 4.78 is 0. The van der Waals surface area contributed by atoms with E-state index >= 15 is 0 Å². The number of nitrogens with two attached hydrogens (primary N) is 1. The van der Waals surface area contributed by atoms with E-state index in [1.165, 1.54) is 6.08 Å². The van der Waals surface area contributed by atoms with Crippen LogP contribution in [0.3, 0.4) is 0 Å². The minimum absolute atomic E-state index is 0.168. The monoisotopic (exact) mass is 514 g/mol. The van der Waals surface area contributed by atoms with Crippen molar-refractivity contribution in [2.24, 2.45) is 0 Å². The molecule has 0 saturated heterocycles. The molecule has 0 aliphatic rings. The van der Waals surface area contributed by atoms with Crippen LogP contribution in [0.4, 0.5) is 11.4 Å². The van der Waals surface area contributed by atoms with E-state index in [2.05, 4.69) is 35.7 Å². The summed E-state index contributed by atoms with van der Waals surface area (Å²) >= 11 is 1.59. The molecule has 5 N–H and O–H groups in total. The van der Waals surface area contributed by atoms with Crippen LogP contribution in [0.25, 0.3) is 6.08 Å². The Balaban J connectivity index is 2.15. The second kappa shape index (κ2) is 15.8. The lowest BCUT2D eigenvalue weighted by Gasteiger charge is -2.20. The van der Waals surface area contributed by atoms with Crippen LogP contribution < -0.4 is 21.7 Å². The molecule has 2 rings (SSSR count). The summed E-state index contributed by atoms with van der Waals surface area (Å²) in [5.41, 5.74) is 9.40. The molecule has 0 saturated carbocycles. The van der Waals surface area contributed by atoms with Gasteiger partial charge in [0, 0.05) is 19.2 Å². The molecular formula is C30H34N4O2S. The minimum Gasteiger partial charge on any atom is -0.397 e. The van der Waals surface area contributed by atoms with E-state index in [0.717, 1.165) is 21.6 Å². The fourth-order valence-corrected chi connectivity index (χ4v) is 3.75. The van der Waals surface area contributed by atoms with Gasteiger partial charge in [0.05, 0.1) is 11.4 Å². The summed E-state index contributed by atoms with van der Waals surface area (Å²) in [4.78, 5) is 26.5. The molecule has 0 aliphatic carbocycles. The maximum absolute atomic E-state index is 13.1. The van der Waals surface area contributed by atoms with E-state index in [4.69, 9.17) is 5.73 Å². The fraction of sp³-hybridized carbons (Fsp3) is 0.133. The van der Waals surface area contributed by atoms with Crippen molar-refractivity contribution in [3.63, 3.8) is 0 Å². The number of carbonyl (C=O) groups excluding carboxylic acids is 2. The van der Waals surface area contributed by atoms with Crippen molar-refractivity contribution in [3.8, 4) is 0 Å². The third-order valence-electron chi connectivity index (χ3n) is 5.29. The molecule has 2 amide bonds. The van der Waals surface area contributed by atoms with E-state index in [0.29, 0.717) is 24.5 Å². The van der Waals surface area contributed by atoms with Crippen molar-refractivity contribution in [3.05, 3.63) is 126 Å². The number of thioether (sulfide) groups is 1. The van der Waals surface area contributed by atoms with Crippen molar-refractivity contribution >= 4 is 41.0 Å². The quantitative estimate of drug-likeness (QED) is 0.154. The summed E-state index contributed by atoms with van der Waals surface area (Å²) in [6, 6.07) is 13.9. The average molecular weight is 515 g/mol. The Morgan fingerprint density at radius 2 is 1.70 bits per heavy atom. The average Bonchev–Trinajstić information content (AvgIpc) is 2.91.